The van der Waals surface area contributed by atoms with Crippen molar-refractivity contribution in [3.05, 3.63) is 48.7 Å². The van der Waals surface area contributed by atoms with Crippen LogP contribution in [-0.2, 0) is 4.74 Å². The molecule has 1 fully saturated rings. The summed E-state index contributed by atoms with van der Waals surface area (Å²) in [5.41, 5.74) is 3.49. The smallest absolute Gasteiger partial charge is 0.150 e. The Morgan fingerprint density at radius 1 is 1.09 bits per heavy atom. The number of methoxy groups -OCH3 is 1. The number of fused-ring (bicyclic) bond motifs is 1. The van der Waals surface area contributed by atoms with Gasteiger partial charge in [-0.25, -0.2) is 4.68 Å². The van der Waals surface area contributed by atoms with Crippen molar-refractivity contribution < 1.29 is 9.47 Å². The van der Waals surface area contributed by atoms with Gasteiger partial charge in [0.25, 0.3) is 0 Å². The summed E-state index contributed by atoms with van der Waals surface area (Å²) in [5, 5.41) is 5.70. The summed E-state index contributed by atoms with van der Waals surface area (Å²) in [6.45, 7) is 0.829. The SMILES string of the molecule is COc1ccc(-c2ccc3c(cnn3[C@@H]3CCCCO3)c2)cc1. The van der Waals surface area contributed by atoms with Gasteiger partial charge < -0.3 is 9.47 Å². The summed E-state index contributed by atoms with van der Waals surface area (Å²) >= 11 is 0. The number of nitrogens with zero attached hydrogens (tertiary/aromatic N) is 2. The van der Waals surface area contributed by atoms with E-state index in [0.29, 0.717) is 0 Å². The number of hydrogen-bond acceptors (Lipinski definition) is 3. The maximum atomic E-state index is 5.86. The van der Waals surface area contributed by atoms with Crippen molar-refractivity contribution in [1.29, 1.82) is 0 Å². The molecule has 2 heterocycles. The molecule has 4 heteroatoms. The van der Waals surface area contributed by atoms with Gasteiger partial charge in [-0.1, -0.05) is 18.2 Å². The summed E-state index contributed by atoms with van der Waals surface area (Å²) in [6.07, 6.45) is 5.40. The Labute approximate surface area is 135 Å². The third-order valence-corrected chi connectivity index (χ3v) is 4.45. The summed E-state index contributed by atoms with van der Waals surface area (Å²) < 4.78 is 13.1. The van der Waals surface area contributed by atoms with Crippen molar-refractivity contribution in [2.75, 3.05) is 13.7 Å². The van der Waals surface area contributed by atoms with Crippen LogP contribution in [0.5, 0.6) is 5.75 Å². The maximum absolute atomic E-state index is 5.86. The molecule has 0 radical (unpaired) electrons. The van der Waals surface area contributed by atoms with Crippen LogP contribution >= 0.6 is 0 Å². The topological polar surface area (TPSA) is 36.3 Å². The molecule has 0 saturated carbocycles. The number of hydrogen-bond donors (Lipinski definition) is 0. The highest BCUT2D eigenvalue weighted by Crippen LogP contribution is 2.29. The highest BCUT2D eigenvalue weighted by molar-refractivity contribution is 5.84. The Morgan fingerprint density at radius 2 is 1.91 bits per heavy atom. The predicted molar refractivity (Wildman–Crippen MR) is 90.6 cm³/mol. The molecule has 4 nitrogen and oxygen atoms in total. The zero-order valence-corrected chi connectivity index (χ0v) is 13.2. The van der Waals surface area contributed by atoms with Gasteiger partial charge in [-0.3, -0.25) is 0 Å². The Morgan fingerprint density at radius 3 is 2.65 bits per heavy atom. The van der Waals surface area contributed by atoms with Crippen molar-refractivity contribution in [3.63, 3.8) is 0 Å². The van der Waals surface area contributed by atoms with Crippen molar-refractivity contribution in [1.82, 2.24) is 9.78 Å². The first-order chi connectivity index (χ1) is 11.3. The van der Waals surface area contributed by atoms with Gasteiger partial charge in [0.15, 0.2) is 6.23 Å². The lowest BCUT2D eigenvalue weighted by molar-refractivity contribution is -0.0366. The lowest BCUT2D eigenvalue weighted by Gasteiger charge is -2.23. The average molecular weight is 308 g/mol. The molecular formula is C19H20N2O2. The number of aromatic nitrogens is 2. The Hall–Kier alpha value is -2.33. The van der Waals surface area contributed by atoms with E-state index >= 15 is 0 Å². The fourth-order valence-corrected chi connectivity index (χ4v) is 3.16. The van der Waals surface area contributed by atoms with Crippen LogP contribution in [0.3, 0.4) is 0 Å². The van der Waals surface area contributed by atoms with Crippen molar-refractivity contribution >= 4 is 10.9 Å². The molecule has 0 aliphatic carbocycles. The zero-order valence-electron chi connectivity index (χ0n) is 13.2. The van der Waals surface area contributed by atoms with E-state index in [9.17, 15) is 0 Å². The van der Waals surface area contributed by atoms with Crippen LogP contribution in [0.1, 0.15) is 25.5 Å². The second-order valence-electron chi connectivity index (χ2n) is 5.91. The summed E-state index contributed by atoms with van der Waals surface area (Å²) in [5.74, 6) is 0.872. The molecule has 0 amide bonds. The molecule has 118 valence electrons. The monoisotopic (exact) mass is 308 g/mol. The van der Waals surface area contributed by atoms with E-state index in [2.05, 4.69) is 35.4 Å². The highest BCUT2D eigenvalue weighted by atomic mass is 16.5. The zero-order chi connectivity index (χ0) is 15.6. The fourth-order valence-electron chi connectivity index (χ4n) is 3.16. The molecule has 3 aromatic rings. The number of benzene rings is 2. The number of ether oxygens (including phenoxy) is 2. The second kappa shape index (κ2) is 6.05. The average Bonchev–Trinajstić information content (AvgIpc) is 3.06. The molecule has 0 N–H and O–H groups in total. The van der Waals surface area contributed by atoms with Crippen molar-refractivity contribution in [2.24, 2.45) is 0 Å². The molecule has 0 spiro atoms. The quantitative estimate of drug-likeness (QED) is 0.719. The first-order valence-corrected chi connectivity index (χ1v) is 8.08. The molecule has 4 rings (SSSR count). The van der Waals surface area contributed by atoms with Crippen LogP contribution < -0.4 is 4.74 Å². The molecule has 23 heavy (non-hydrogen) atoms. The van der Waals surface area contributed by atoms with Gasteiger partial charge in [-0.15, -0.1) is 0 Å². The summed E-state index contributed by atoms with van der Waals surface area (Å²) in [6, 6.07) is 14.6. The lowest BCUT2D eigenvalue weighted by atomic mass is 10.0. The maximum Gasteiger partial charge on any atom is 0.150 e. The van der Waals surface area contributed by atoms with Gasteiger partial charge >= 0.3 is 0 Å². The molecule has 0 bridgehead atoms. The van der Waals surface area contributed by atoms with Crippen LogP contribution in [0.15, 0.2) is 48.7 Å². The standard InChI is InChI=1S/C19H20N2O2/c1-22-17-8-5-14(6-9-17)15-7-10-18-16(12-15)13-20-21(18)19-4-2-3-11-23-19/h5-10,12-13,19H,2-4,11H2,1H3/t19-/m0/s1. The molecule has 1 atom stereocenters. The van der Waals surface area contributed by atoms with E-state index < -0.39 is 0 Å². The van der Waals surface area contributed by atoms with Crippen molar-refractivity contribution in [3.8, 4) is 16.9 Å². The largest absolute Gasteiger partial charge is 0.497 e. The van der Waals surface area contributed by atoms with Crippen LogP contribution in [0, 0.1) is 0 Å². The van der Waals surface area contributed by atoms with E-state index in [-0.39, 0.29) is 6.23 Å². The summed E-state index contributed by atoms with van der Waals surface area (Å²) in [4.78, 5) is 0. The van der Waals surface area contributed by atoms with E-state index in [1.807, 2.05) is 23.0 Å². The second-order valence-corrected chi connectivity index (χ2v) is 5.91. The van der Waals surface area contributed by atoms with Crippen LogP contribution in [0.2, 0.25) is 0 Å². The molecular weight excluding hydrogens is 288 g/mol. The third-order valence-electron chi connectivity index (χ3n) is 4.45. The Kier molecular flexibility index (Phi) is 3.75. The minimum Gasteiger partial charge on any atom is -0.497 e. The van der Waals surface area contributed by atoms with Crippen LogP contribution in [0.4, 0.5) is 0 Å². The van der Waals surface area contributed by atoms with Gasteiger partial charge in [-0.2, -0.15) is 5.10 Å². The normalized spacial score (nSPS) is 18.2. The van der Waals surface area contributed by atoms with E-state index in [1.165, 1.54) is 17.5 Å². The fraction of sp³-hybridized carbons (Fsp3) is 0.316. The highest BCUT2D eigenvalue weighted by Gasteiger charge is 2.18. The van der Waals surface area contributed by atoms with Gasteiger partial charge in [0.05, 0.1) is 18.8 Å². The van der Waals surface area contributed by atoms with Gasteiger partial charge in [0, 0.05) is 12.0 Å². The molecule has 0 unspecified atom stereocenters. The van der Waals surface area contributed by atoms with Crippen LogP contribution in [0.25, 0.3) is 22.0 Å². The predicted octanol–water partition coefficient (Wildman–Crippen LogP) is 4.41. The minimum absolute atomic E-state index is 0.0769. The molecule has 1 aliphatic rings. The van der Waals surface area contributed by atoms with E-state index in [0.717, 1.165) is 36.1 Å². The van der Waals surface area contributed by atoms with Gasteiger partial charge in [0.2, 0.25) is 0 Å². The molecule has 1 aliphatic heterocycles. The van der Waals surface area contributed by atoms with Gasteiger partial charge in [0.1, 0.15) is 5.75 Å². The number of rotatable bonds is 3. The van der Waals surface area contributed by atoms with E-state index in [4.69, 9.17) is 9.47 Å². The molecule has 1 aromatic heterocycles. The molecule has 2 aromatic carbocycles. The summed E-state index contributed by atoms with van der Waals surface area (Å²) in [7, 11) is 1.68. The van der Waals surface area contributed by atoms with E-state index in [1.54, 1.807) is 7.11 Å². The first-order valence-electron chi connectivity index (χ1n) is 8.08. The van der Waals surface area contributed by atoms with Gasteiger partial charge in [-0.05, 0) is 54.7 Å². The lowest BCUT2D eigenvalue weighted by Crippen LogP contribution is -2.18. The van der Waals surface area contributed by atoms with Crippen LogP contribution in [-0.4, -0.2) is 23.5 Å². The Bertz CT molecular complexity index is 802. The molecule has 1 saturated heterocycles. The van der Waals surface area contributed by atoms with Crippen molar-refractivity contribution in [2.45, 2.75) is 25.5 Å². The Balaban J connectivity index is 1.68. The third kappa shape index (κ3) is 2.70. The minimum atomic E-state index is 0.0769. The first kappa shape index (κ1) is 14.3.